The van der Waals surface area contributed by atoms with Crippen molar-refractivity contribution >= 4 is 22.7 Å². The van der Waals surface area contributed by atoms with Gasteiger partial charge in [0, 0.05) is 0 Å². The zero-order chi connectivity index (χ0) is 10.1. The summed E-state index contributed by atoms with van der Waals surface area (Å²) in [5.41, 5.74) is 2.86. The van der Waals surface area contributed by atoms with Crippen LogP contribution in [0.2, 0.25) is 5.35 Å². The highest BCUT2D eigenvalue weighted by Gasteiger charge is 2.07. The molecule has 0 amide bonds. The highest BCUT2D eigenvalue weighted by atomic mass is 35.5. The van der Waals surface area contributed by atoms with Gasteiger partial charge in [-0.3, -0.25) is 0 Å². The van der Waals surface area contributed by atoms with E-state index in [1.165, 1.54) is 5.56 Å². The Morgan fingerprint density at radius 3 is 3.00 bits per heavy atom. The lowest BCUT2D eigenvalue weighted by atomic mass is 9.99. The molecule has 3 heteroatoms. The first-order valence-electron chi connectivity index (χ1n) is 4.76. The molecule has 1 aromatic heterocycles. The second kappa shape index (κ2) is 3.62. The average molecular weight is 210 g/mol. The molecular formula is C11H12ClNO. The van der Waals surface area contributed by atoms with Gasteiger partial charge in [0.2, 0.25) is 0 Å². The minimum absolute atomic E-state index is 0.210. The maximum atomic E-state index is 5.67. The minimum Gasteiger partial charge on any atom is -0.428 e. The van der Waals surface area contributed by atoms with Crippen molar-refractivity contribution in [1.82, 2.24) is 4.98 Å². The molecule has 2 nitrogen and oxygen atoms in total. The van der Waals surface area contributed by atoms with E-state index in [0.717, 1.165) is 17.5 Å². The van der Waals surface area contributed by atoms with E-state index in [2.05, 4.69) is 24.9 Å². The summed E-state index contributed by atoms with van der Waals surface area (Å²) >= 11 is 5.67. The monoisotopic (exact) mass is 209 g/mol. The fraction of sp³-hybridized carbons (Fsp3) is 0.364. The second-order valence-corrected chi connectivity index (χ2v) is 3.83. The predicted octanol–water partition coefficient (Wildman–Crippen LogP) is 3.99. The third-order valence-corrected chi connectivity index (χ3v) is 2.73. The third kappa shape index (κ3) is 1.62. The van der Waals surface area contributed by atoms with Crippen molar-refractivity contribution in [2.45, 2.75) is 26.2 Å². The molecule has 0 bridgehead atoms. The first-order chi connectivity index (χ1) is 6.70. The summed E-state index contributed by atoms with van der Waals surface area (Å²) in [6, 6.07) is 6.05. The normalized spacial score (nSPS) is 13.4. The van der Waals surface area contributed by atoms with Crippen molar-refractivity contribution in [1.29, 1.82) is 0 Å². The smallest absolute Gasteiger partial charge is 0.293 e. The first-order valence-corrected chi connectivity index (χ1v) is 5.14. The molecule has 0 radical (unpaired) electrons. The molecule has 1 aromatic carbocycles. The van der Waals surface area contributed by atoms with E-state index >= 15 is 0 Å². The topological polar surface area (TPSA) is 26.0 Å². The van der Waals surface area contributed by atoms with Gasteiger partial charge in [0.1, 0.15) is 5.52 Å². The quantitative estimate of drug-likeness (QED) is 0.748. The molecule has 2 rings (SSSR count). The summed E-state index contributed by atoms with van der Waals surface area (Å²) in [5.74, 6) is 0.545. The van der Waals surface area contributed by atoms with Crippen LogP contribution in [0.25, 0.3) is 11.1 Å². The van der Waals surface area contributed by atoms with E-state index in [9.17, 15) is 0 Å². The van der Waals surface area contributed by atoms with E-state index in [1.807, 2.05) is 12.1 Å². The molecule has 0 N–H and O–H groups in total. The van der Waals surface area contributed by atoms with E-state index in [1.54, 1.807) is 0 Å². The van der Waals surface area contributed by atoms with Gasteiger partial charge in [-0.1, -0.05) is 19.9 Å². The fourth-order valence-corrected chi connectivity index (χ4v) is 1.63. The molecular weight excluding hydrogens is 198 g/mol. The summed E-state index contributed by atoms with van der Waals surface area (Å²) in [7, 11) is 0. The zero-order valence-electron chi connectivity index (χ0n) is 8.25. The minimum atomic E-state index is 0.210. The van der Waals surface area contributed by atoms with Crippen molar-refractivity contribution in [2.24, 2.45) is 0 Å². The maximum absolute atomic E-state index is 5.67. The maximum Gasteiger partial charge on any atom is 0.293 e. The van der Waals surface area contributed by atoms with Gasteiger partial charge in [0.25, 0.3) is 5.35 Å². The van der Waals surface area contributed by atoms with Crippen LogP contribution in [0.4, 0.5) is 0 Å². The van der Waals surface area contributed by atoms with Crippen LogP contribution in [-0.4, -0.2) is 4.98 Å². The highest BCUT2D eigenvalue weighted by Crippen LogP contribution is 2.25. The molecule has 74 valence electrons. The lowest BCUT2D eigenvalue weighted by Gasteiger charge is -2.07. The van der Waals surface area contributed by atoms with E-state index in [-0.39, 0.29) is 5.35 Å². The molecule has 2 aromatic rings. The van der Waals surface area contributed by atoms with Crippen molar-refractivity contribution in [3.63, 3.8) is 0 Å². The van der Waals surface area contributed by atoms with Crippen LogP contribution >= 0.6 is 11.6 Å². The number of nitrogens with zero attached hydrogens (tertiary/aromatic N) is 1. The largest absolute Gasteiger partial charge is 0.428 e. The number of rotatable bonds is 2. The lowest BCUT2D eigenvalue weighted by Crippen LogP contribution is -1.89. The van der Waals surface area contributed by atoms with Crippen molar-refractivity contribution < 1.29 is 4.42 Å². The van der Waals surface area contributed by atoms with Gasteiger partial charge in [-0.2, -0.15) is 4.98 Å². The molecule has 1 heterocycles. The first kappa shape index (κ1) is 9.53. The summed E-state index contributed by atoms with van der Waals surface area (Å²) in [6.07, 6.45) is 1.12. The number of oxazole rings is 1. The lowest BCUT2D eigenvalue weighted by molar-refractivity contribution is 0.603. The third-order valence-electron chi connectivity index (χ3n) is 2.57. The average Bonchev–Trinajstić information content (AvgIpc) is 2.55. The van der Waals surface area contributed by atoms with Crippen molar-refractivity contribution in [3.05, 3.63) is 29.1 Å². The molecule has 14 heavy (non-hydrogen) atoms. The summed E-state index contributed by atoms with van der Waals surface area (Å²) in [6.45, 7) is 4.36. The van der Waals surface area contributed by atoms with Gasteiger partial charge in [0.05, 0.1) is 0 Å². The molecule has 0 aliphatic heterocycles. The Hall–Kier alpha value is -1.02. The summed E-state index contributed by atoms with van der Waals surface area (Å²) in [5, 5.41) is 0.210. The Kier molecular flexibility index (Phi) is 2.46. The van der Waals surface area contributed by atoms with Crippen LogP contribution in [-0.2, 0) is 0 Å². The molecule has 0 saturated carbocycles. The van der Waals surface area contributed by atoms with E-state index in [0.29, 0.717) is 5.92 Å². The molecule has 0 fully saturated rings. The van der Waals surface area contributed by atoms with Gasteiger partial charge in [-0.05, 0) is 41.6 Å². The van der Waals surface area contributed by atoms with Gasteiger partial charge >= 0.3 is 0 Å². The van der Waals surface area contributed by atoms with Gasteiger partial charge in [-0.15, -0.1) is 0 Å². The Morgan fingerprint density at radius 2 is 2.29 bits per heavy atom. The summed E-state index contributed by atoms with van der Waals surface area (Å²) in [4.78, 5) is 4.04. The van der Waals surface area contributed by atoms with Crippen LogP contribution < -0.4 is 0 Å². The molecule has 1 unspecified atom stereocenters. The van der Waals surface area contributed by atoms with Crippen LogP contribution in [0.1, 0.15) is 31.7 Å². The Bertz CT molecular complexity index is 449. The van der Waals surface area contributed by atoms with Gasteiger partial charge < -0.3 is 4.42 Å². The Morgan fingerprint density at radius 1 is 1.50 bits per heavy atom. The van der Waals surface area contributed by atoms with Crippen LogP contribution in [0.5, 0.6) is 0 Å². The van der Waals surface area contributed by atoms with E-state index < -0.39 is 0 Å². The zero-order valence-corrected chi connectivity index (χ0v) is 9.01. The number of aromatic nitrogens is 1. The molecule has 1 atom stereocenters. The summed E-state index contributed by atoms with van der Waals surface area (Å²) < 4.78 is 5.26. The predicted molar refractivity (Wildman–Crippen MR) is 57.7 cm³/mol. The Labute approximate surface area is 87.9 Å². The van der Waals surface area contributed by atoms with Gasteiger partial charge in [0.15, 0.2) is 5.58 Å². The molecule has 0 saturated heterocycles. The molecule has 0 spiro atoms. The fourth-order valence-electron chi connectivity index (χ4n) is 1.46. The SMILES string of the molecule is CCC(C)c1ccc2nc(Cl)oc2c1. The number of hydrogen-bond acceptors (Lipinski definition) is 2. The highest BCUT2D eigenvalue weighted by molar-refractivity contribution is 6.28. The van der Waals surface area contributed by atoms with Crippen molar-refractivity contribution in [3.8, 4) is 0 Å². The van der Waals surface area contributed by atoms with Gasteiger partial charge in [-0.25, -0.2) is 0 Å². The molecule has 0 aliphatic rings. The second-order valence-electron chi connectivity index (χ2n) is 3.50. The standard InChI is InChI=1S/C11H12ClNO/c1-3-7(2)8-4-5-9-10(6-8)14-11(12)13-9/h4-7H,3H2,1-2H3. The van der Waals surface area contributed by atoms with Crippen LogP contribution in [0.3, 0.4) is 0 Å². The number of hydrogen-bond donors (Lipinski definition) is 0. The van der Waals surface area contributed by atoms with Crippen molar-refractivity contribution in [2.75, 3.05) is 0 Å². The number of benzene rings is 1. The van der Waals surface area contributed by atoms with Crippen LogP contribution in [0.15, 0.2) is 22.6 Å². The number of fused-ring (bicyclic) bond motifs is 1. The van der Waals surface area contributed by atoms with Crippen LogP contribution in [0, 0.1) is 0 Å². The number of halogens is 1. The van der Waals surface area contributed by atoms with E-state index in [4.69, 9.17) is 16.0 Å². The molecule has 0 aliphatic carbocycles. The Balaban J connectivity index is 2.50.